The number of thiol groups is 1. The minimum Gasteiger partial charge on any atom is -0.467 e. The zero-order valence-corrected chi connectivity index (χ0v) is 28.1. The lowest BCUT2D eigenvalue weighted by Gasteiger charge is -2.51. The van der Waals surface area contributed by atoms with Crippen LogP contribution in [0.3, 0.4) is 0 Å². The number of nitrogens with zero attached hydrogens (tertiary/aromatic N) is 9. The fourth-order valence-electron chi connectivity index (χ4n) is 6.67. The van der Waals surface area contributed by atoms with Crippen LogP contribution in [0.15, 0.2) is 36.9 Å². The molecule has 1 amide bonds. The molecule has 16 nitrogen and oxygen atoms in total. The summed E-state index contributed by atoms with van der Waals surface area (Å²) in [6.45, 7) is 0.710. The molecule has 0 saturated carbocycles. The number of halogens is 3. The Morgan fingerprint density at radius 2 is 1.65 bits per heavy atom. The molecular weight excluding hydrogens is 699 g/mol. The minimum absolute atomic E-state index is 0.00357. The van der Waals surface area contributed by atoms with Crippen LogP contribution >= 0.6 is 10.9 Å². The third kappa shape index (κ3) is 6.90. The largest absolute Gasteiger partial charge is 0.467 e. The van der Waals surface area contributed by atoms with Gasteiger partial charge in [0.2, 0.25) is 5.91 Å². The van der Waals surface area contributed by atoms with Gasteiger partial charge in [-0.3, -0.25) is 4.79 Å². The number of rotatable bonds is 10. The first-order valence-electron chi connectivity index (χ1n) is 16.2. The van der Waals surface area contributed by atoms with Crippen LogP contribution in [0, 0.1) is 17.5 Å². The zero-order valence-electron chi connectivity index (χ0n) is 27.2. The predicted molar refractivity (Wildman–Crippen MR) is 173 cm³/mol. The average molecular weight is 736 g/mol. The van der Waals surface area contributed by atoms with Crippen molar-refractivity contribution in [1.29, 1.82) is 0 Å². The standard InChI is InChI=1S/C31H36F3N9O7S/c1-48-31-35-7-17(8-36-31)21-9-42(39-38-21)22-12-49-13-25(29(22)46)51-15-23(50-14-26(45)41-3-2-4-41)28(30(47)24(51)11-44)43-10-20(37-40-43)16-5-18(32)27(34)19(33)6-16/h5-10,22-25,28-30,44,46-47,51H,2-4,11-15H2,1H3/t22-,23-,24+,25+,28+,29+,30-/m0/s1. The fraction of sp³-hybridized carbons (Fsp3) is 0.516. The van der Waals surface area contributed by atoms with Gasteiger partial charge in [-0.15, -0.1) is 10.2 Å². The zero-order chi connectivity index (χ0) is 35.8. The number of ether oxygens (including phenoxy) is 3. The number of likely N-dealkylation sites (tertiary alicyclic amines) is 1. The molecule has 3 aliphatic heterocycles. The van der Waals surface area contributed by atoms with Crippen molar-refractivity contribution >= 4 is 16.8 Å². The minimum atomic E-state index is -1.62. The Kier molecular flexibility index (Phi) is 10.2. The third-order valence-electron chi connectivity index (χ3n) is 9.60. The summed E-state index contributed by atoms with van der Waals surface area (Å²) in [7, 11) is -0.00267. The van der Waals surface area contributed by atoms with Crippen molar-refractivity contribution in [3.8, 4) is 28.5 Å². The molecule has 3 aliphatic rings. The van der Waals surface area contributed by atoms with E-state index in [1.165, 1.54) is 35.1 Å². The summed E-state index contributed by atoms with van der Waals surface area (Å²) >= 11 is 0. The van der Waals surface area contributed by atoms with Gasteiger partial charge in [0.05, 0.1) is 57.6 Å². The monoisotopic (exact) mass is 735 g/mol. The van der Waals surface area contributed by atoms with E-state index in [-0.39, 0.29) is 48.7 Å². The Balaban J connectivity index is 1.15. The van der Waals surface area contributed by atoms with Crippen LogP contribution in [0.1, 0.15) is 18.5 Å². The molecule has 4 aromatic rings. The SMILES string of the molecule is COc1ncc(-c2cn([C@H]3COC[C@@H]([SH]4C[C@H](OCC(=O)N5CCC5)[C@@H](n5cc(-c6cc(F)c(F)c(F)c6)nn5)[C@@H](O)[C@H]4CO)[C@@H]3O)nn2)cn1. The summed E-state index contributed by atoms with van der Waals surface area (Å²) in [5.41, 5.74) is 0.949. The number of carbonyl (C=O) groups excluding carboxylic acids is 1. The number of hydrogen-bond acceptors (Lipinski definition) is 13. The van der Waals surface area contributed by atoms with Gasteiger partial charge in [-0.1, -0.05) is 10.4 Å². The molecule has 20 heteroatoms. The smallest absolute Gasteiger partial charge is 0.316 e. The summed E-state index contributed by atoms with van der Waals surface area (Å²) in [5.74, 6) is -4.45. The van der Waals surface area contributed by atoms with E-state index in [9.17, 15) is 33.3 Å². The first kappa shape index (κ1) is 35.2. The molecule has 6 heterocycles. The first-order chi connectivity index (χ1) is 24.7. The van der Waals surface area contributed by atoms with Crippen LogP contribution in [0.25, 0.3) is 22.5 Å². The van der Waals surface area contributed by atoms with Crippen molar-refractivity contribution in [2.24, 2.45) is 0 Å². The van der Waals surface area contributed by atoms with Crippen molar-refractivity contribution in [3.05, 3.63) is 54.4 Å². The van der Waals surface area contributed by atoms with Crippen molar-refractivity contribution in [3.63, 3.8) is 0 Å². The molecule has 51 heavy (non-hydrogen) atoms. The van der Waals surface area contributed by atoms with Gasteiger partial charge in [0.1, 0.15) is 30.1 Å². The summed E-state index contributed by atoms with van der Waals surface area (Å²) in [4.78, 5) is 22.7. The lowest BCUT2D eigenvalue weighted by atomic mass is 10.0. The molecule has 1 aromatic carbocycles. The van der Waals surface area contributed by atoms with E-state index in [0.29, 0.717) is 24.3 Å². The fourth-order valence-corrected chi connectivity index (χ4v) is 10.1. The number of aromatic nitrogens is 8. The number of benzene rings is 1. The number of carbonyl (C=O) groups is 1. The van der Waals surface area contributed by atoms with E-state index in [1.54, 1.807) is 11.1 Å². The van der Waals surface area contributed by atoms with Gasteiger partial charge in [-0.25, -0.2) is 43.4 Å². The number of methoxy groups -OCH3 is 1. The van der Waals surface area contributed by atoms with Gasteiger partial charge in [-0.05, 0) is 18.6 Å². The van der Waals surface area contributed by atoms with E-state index >= 15 is 0 Å². The third-order valence-corrected chi connectivity index (χ3v) is 13.0. The topological polar surface area (TPSA) is 196 Å². The Morgan fingerprint density at radius 1 is 0.980 bits per heavy atom. The van der Waals surface area contributed by atoms with Crippen molar-refractivity contribution in [2.75, 3.05) is 52.4 Å². The van der Waals surface area contributed by atoms with E-state index in [4.69, 9.17) is 14.2 Å². The lowest BCUT2D eigenvalue weighted by molar-refractivity contribution is -0.143. The predicted octanol–water partition coefficient (Wildman–Crippen LogP) is 0.316. The quantitative estimate of drug-likeness (QED) is 0.129. The maximum Gasteiger partial charge on any atom is 0.316 e. The van der Waals surface area contributed by atoms with Crippen molar-refractivity contribution < 1.29 is 47.5 Å². The van der Waals surface area contributed by atoms with Gasteiger partial charge in [0.25, 0.3) is 0 Å². The number of hydrogen-bond donors (Lipinski definition) is 4. The van der Waals surface area contributed by atoms with Crippen LogP contribution in [-0.4, -0.2) is 147 Å². The Morgan fingerprint density at radius 3 is 2.29 bits per heavy atom. The highest BCUT2D eigenvalue weighted by molar-refractivity contribution is 8.18. The second-order valence-corrected chi connectivity index (χ2v) is 15.3. The summed E-state index contributed by atoms with van der Waals surface area (Å²) in [5, 5.41) is 49.6. The van der Waals surface area contributed by atoms with Crippen molar-refractivity contribution in [1.82, 2.24) is 44.9 Å². The molecule has 0 radical (unpaired) electrons. The maximum atomic E-state index is 14.0. The number of aliphatic hydroxyl groups is 3. The molecule has 3 saturated heterocycles. The summed E-state index contributed by atoms with van der Waals surface area (Å²) < 4.78 is 61.7. The maximum absolute atomic E-state index is 14.0. The van der Waals surface area contributed by atoms with Gasteiger partial charge < -0.3 is 34.4 Å². The Hall–Kier alpha value is -4.21. The Bertz CT molecular complexity index is 1830. The number of aliphatic hydroxyl groups excluding tert-OH is 3. The molecule has 0 spiro atoms. The van der Waals surface area contributed by atoms with Gasteiger partial charge in [-0.2, -0.15) is 0 Å². The van der Waals surface area contributed by atoms with Crippen LogP contribution < -0.4 is 4.74 Å². The molecule has 8 atom stereocenters. The molecule has 7 rings (SSSR count). The van der Waals surface area contributed by atoms with Crippen LogP contribution in [0.4, 0.5) is 13.2 Å². The molecule has 3 N–H and O–H groups in total. The number of amides is 1. The summed E-state index contributed by atoms with van der Waals surface area (Å²) in [6.07, 6.45) is 3.71. The molecule has 0 bridgehead atoms. The molecule has 3 fully saturated rings. The second kappa shape index (κ2) is 14.8. The van der Waals surface area contributed by atoms with E-state index < -0.39 is 75.8 Å². The van der Waals surface area contributed by atoms with Crippen LogP contribution in [-0.2, 0) is 14.3 Å². The Labute approximate surface area is 291 Å². The average Bonchev–Trinajstić information content (AvgIpc) is 3.80. The van der Waals surface area contributed by atoms with Gasteiger partial charge in [0, 0.05) is 52.9 Å². The van der Waals surface area contributed by atoms with Crippen molar-refractivity contribution in [2.45, 2.75) is 47.3 Å². The highest BCUT2D eigenvalue weighted by Crippen LogP contribution is 2.51. The highest BCUT2D eigenvalue weighted by atomic mass is 32.2. The van der Waals surface area contributed by atoms with Crippen LogP contribution in [0.2, 0.25) is 0 Å². The molecule has 1 unspecified atom stereocenters. The second-order valence-electron chi connectivity index (χ2n) is 12.6. The van der Waals surface area contributed by atoms with Crippen LogP contribution in [0.5, 0.6) is 6.01 Å². The molecular formula is C31H36F3N9O7S. The molecule has 3 aromatic heterocycles. The normalized spacial score (nSPS) is 28.7. The molecule has 274 valence electrons. The van der Waals surface area contributed by atoms with Gasteiger partial charge >= 0.3 is 6.01 Å². The van der Waals surface area contributed by atoms with E-state index in [0.717, 1.165) is 18.6 Å². The lowest BCUT2D eigenvalue weighted by Crippen LogP contribution is -2.56. The van der Waals surface area contributed by atoms with Gasteiger partial charge in [0.15, 0.2) is 17.5 Å². The first-order valence-corrected chi connectivity index (χ1v) is 17.9. The highest BCUT2D eigenvalue weighted by Gasteiger charge is 2.50. The summed E-state index contributed by atoms with van der Waals surface area (Å²) in [6, 6.07) is 0.0936. The molecule has 0 aliphatic carbocycles. The van der Waals surface area contributed by atoms with E-state index in [1.807, 2.05) is 0 Å². The van der Waals surface area contributed by atoms with E-state index in [2.05, 4.69) is 30.6 Å².